The molecule has 0 aromatic carbocycles. The first-order chi connectivity index (χ1) is 6.33. The zero-order valence-electron chi connectivity index (χ0n) is 8.03. The number of hydrogen-bond donors (Lipinski definition) is 1. The van der Waals surface area contributed by atoms with Gasteiger partial charge in [-0.1, -0.05) is 6.92 Å². The molecule has 1 aromatic rings. The maximum absolute atomic E-state index is 9.75. The van der Waals surface area contributed by atoms with Crippen LogP contribution < -0.4 is 0 Å². The van der Waals surface area contributed by atoms with E-state index in [2.05, 4.69) is 16.9 Å². The highest BCUT2D eigenvalue weighted by atomic mass is 19.5. The van der Waals surface area contributed by atoms with Gasteiger partial charge in [0.15, 0.2) is 0 Å². The smallest absolute Gasteiger partial charge is 0.418 e. The number of hydrogen-bond acceptors (Lipinski definition) is 1. The van der Waals surface area contributed by atoms with Gasteiger partial charge in [0.05, 0.1) is 5.69 Å². The van der Waals surface area contributed by atoms with E-state index in [9.17, 15) is 17.3 Å². The highest BCUT2D eigenvalue weighted by molar-refractivity contribution is 6.50. The predicted molar refractivity (Wildman–Crippen MR) is 47.5 cm³/mol. The van der Waals surface area contributed by atoms with Gasteiger partial charge in [0.25, 0.3) is 0 Å². The van der Waals surface area contributed by atoms with Crippen LogP contribution in [-0.2, 0) is 6.42 Å². The van der Waals surface area contributed by atoms with Crippen LogP contribution >= 0.6 is 0 Å². The van der Waals surface area contributed by atoms with Crippen LogP contribution in [0.25, 0.3) is 0 Å². The molecule has 2 nitrogen and oxygen atoms in total. The summed E-state index contributed by atoms with van der Waals surface area (Å²) in [6, 6.07) is 0. The van der Waals surface area contributed by atoms with Gasteiger partial charge in [0.2, 0.25) is 0 Å². The van der Waals surface area contributed by atoms with E-state index < -0.39 is 7.25 Å². The lowest BCUT2D eigenvalue weighted by molar-refractivity contribution is 0.368. The molecule has 1 heterocycles. The van der Waals surface area contributed by atoms with Gasteiger partial charge in [-0.2, -0.15) is 0 Å². The molecule has 0 aliphatic carbocycles. The molecule has 0 bridgehead atoms. The van der Waals surface area contributed by atoms with E-state index in [1.807, 2.05) is 13.1 Å². The first kappa shape index (κ1) is 13.0. The Morgan fingerprint density at radius 3 is 2.14 bits per heavy atom. The first-order valence-corrected chi connectivity index (χ1v) is 4.21. The Bertz CT molecular complexity index is 252. The lowest BCUT2D eigenvalue weighted by atomic mass is 10.3. The molecule has 0 radical (unpaired) electrons. The molecule has 1 rings (SSSR count). The summed E-state index contributed by atoms with van der Waals surface area (Å²) in [5.41, 5.74) is 1.08. The molecular formula is C7H12BF4N2-. The average molecular weight is 211 g/mol. The molecule has 0 amide bonds. The van der Waals surface area contributed by atoms with Crippen molar-refractivity contribution in [3.05, 3.63) is 17.7 Å². The number of aryl methyl sites for hydroxylation is 2. The second kappa shape index (κ2) is 5.67. The molecule has 0 aliphatic heterocycles. The van der Waals surface area contributed by atoms with Crippen LogP contribution in [0.3, 0.4) is 0 Å². The summed E-state index contributed by atoms with van der Waals surface area (Å²) in [4.78, 5) is 7.34. The number of halogens is 4. The minimum atomic E-state index is -6.00. The molecule has 0 fully saturated rings. The monoisotopic (exact) mass is 211 g/mol. The minimum absolute atomic E-state index is 1.06. The van der Waals surface area contributed by atoms with Crippen LogP contribution in [0.1, 0.15) is 24.9 Å². The largest absolute Gasteiger partial charge is 0.673 e. The lowest BCUT2D eigenvalue weighted by Crippen LogP contribution is -2.02. The summed E-state index contributed by atoms with van der Waals surface area (Å²) in [5, 5.41) is 0. The Kier molecular flexibility index (Phi) is 5.26. The standard InChI is InChI=1S/C7H12N2.BF4/c1-3-4-7-8-5-6(2)9-7;2-1(3,4)5/h5H,3-4H2,1-2H3,(H,8,9);/q;-1. The fourth-order valence-corrected chi connectivity index (χ4v) is 0.830. The quantitative estimate of drug-likeness (QED) is 0.591. The summed E-state index contributed by atoms with van der Waals surface area (Å²) in [6.45, 7) is 4.15. The van der Waals surface area contributed by atoms with Crippen molar-refractivity contribution in [2.75, 3.05) is 0 Å². The van der Waals surface area contributed by atoms with Gasteiger partial charge in [-0.25, -0.2) is 4.98 Å². The second-order valence-corrected chi connectivity index (χ2v) is 2.73. The molecular weight excluding hydrogens is 199 g/mol. The third-order valence-electron chi connectivity index (χ3n) is 1.25. The molecule has 0 unspecified atom stereocenters. The molecule has 0 saturated heterocycles. The van der Waals surface area contributed by atoms with Crippen molar-refractivity contribution in [1.82, 2.24) is 9.97 Å². The maximum atomic E-state index is 9.75. The zero-order chi connectivity index (χ0) is 11.2. The Labute approximate surface area is 79.8 Å². The fraction of sp³-hybridized carbons (Fsp3) is 0.571. The predicted octanol–water partition coefficient (Wildman–Crippen LogP) is 2.97. The topological polar surface area (TPSA) is 28.7 Å². The Morgan fingerprint density at radius 2 is 1.86 bits per heavy atom. The molecule has 7 heteroatoms. The second-order valence-electron chi connectivity index (χ2n) is 2.73. The van der Waals surface area contributed by atoms with Crippen molar-refractivity contribution in [2.45, 2.75) is 26.7 Å². The van der Waals surface area contributed by atoms with Crippen LogP contribution in [0, 0.1) is 6.92 Å². The van der Waals surface area contributed by atoms with Gasteiger partial charge in [-0.3, -0.25) is 0 Å². The number of nitrogens with one attached hydrogen (secondary N) is 1. The zero-order valence-corrected chi connectivity index (χ0v) is 8.03. The van der Waals surface area contributed by atoms with E-state index >= 15 is 0 Å². The van der Waals surface area contributed by atoms with Gasteiger partial charge in [-0.15, -0.1) is 0 Å². The summed E-state index contributed by atoms with van der Waals surface area (Å²) >= 11 is 0. The SMILES string of the molecule is CCCc1nc(C)c[nH]1.F[B-](F)(F)F. The van der Waals surface area contributed by atoms with Gasteiger partial charge in [0.1, 0.15) is 5.82 Å². The first-order valence-electron chi connectivity index (χ1n) is 4.21. The van der Waals surface area contributed by atoms with E-state index in [1.165, 1.54) is 0 Å². The van der Waals surface area contributed by atoms with Gasteiger partial charge >= 0.3 is 7.25 Å². The van der Waals surface area contributed by atoms with Crippen LogP contribution in [0.4, 0.5) is 17.3 Å². The molecule has 14 heavy (non-hydrogen) atoms. The summed E-state index contributed by atoms with van der Waals surface area (Å²) in [6.07, 6.45) is 4.16. The molecule has 0 spiro atoms. The number of rotatable bonds is 2. The molecule has 0 aliphatic rings. The number of aromatic amines is 1. The lowest BCUT2D eigenvalue weighted by Gasteiger charge is -1.94. The summed E-state index contributed by atoms with van der Waals surface area (Å²) in [5.74, 6) is 1.11. The highest BCUT2D eigenvalue weighted by Crippen LogP contribution is 2.06. The molecule has 0 atom stereocenters. The molecule has 82 valence electrons. The molecule has 1 N–H and O–H groups in total. The summed E-state index contributed by atoms with van der Waals surface area (Å²) < 4.78 is 39.0. The normalized spacial score (nSPS) is 10.7. The van der Waals surface area contributed by atoms with Crippen LogP contribution in [0.5, 0.6) is 0 Å². The van der Waals surface area contributed by atoms with E-state index in [0.29, 0.717) is 0 Å². The van der Waals surface area contributed by atoms with Crippen molar-refractivity contribution in [3.8, 4) is 0 Å². The fourth-order valence-electron chi connectivity index (χ4n) is 0.830. The average Bonchev–Trinajstić information content (AvgIpc) is 2.32. The highest BCUT2D eigenvalue weighted by Gasteiger charge is 2.20. The number of H-pyrrole nitrogens is 1. The van der Waals surface area contributed by atoms with E-state index in [1.54, 1.807) is 0 Å². The third-order valence-corrected chi connectivity index (χ3v) is 1.25. The van der Waals surface area contributed by atoms with E-state index in [4.69, 9.17) is 0 Å². The van der Waals surface area contributed by atoms with Gasteiger partial charge < -0.3 is 22.2 Å². The maximum Gasteiger partial charge on any atom is 0.673 e. The van der Waals surface area contributed by atoms with Gasteiger partial charge in [-0.05, 0) is 13.3 Å². The van der Waals surface area contributed by atoms with Crippen LogP contribution in [-0.4, -0.2) is 17.2 Å². The summed E-state index contributed by atoms with van der Waals surface area (Å²) in [7, 11) is -6.00. The number of nitrogens with zero attached hydrogens (tertiary/aromatic N) is 1. The Balaban J connectivity index is 0.000000292. The van der Waals surface area contributed by atoms with Crippen LogP contribution in [0.15, 0.2) is 6.20 Å². The number of aromatic nitrogens is 2. The van der Waals surface area contributed by atoms with Crippen molar-refractivity contribution in [2.24, 2.45) is 0 Å². The molecule has 1 aromatic heterocycles. The third kappa shape index (κ3) is 9.09. The molecule has 0 saturated carbocycles. The van der Waals surface area contributed by atoms with Crippen LogP contribution in [0.2, 0.25) is 0 Å². The Morgan fingerprint density at radius 1 is 1.36 bits per heavy atom. The van der Waals surface area contributed by atoms with Crippen molar-refractivity contribution < 1.29 is 17.3 Å². The number of imidazole rings is 1. The van der Waals surface area contributed by atoms with Crippen molar-refractivity contribution in [3.63, 3.8) is 0 Å². The van der Waals surface area contributed by atoms with E-state index in [-0.39, 0.29) is 0 Å². The Hall–Kier alpha value is -1.01. The van der Waals surface area contributed by atoms with Crippen molar-refractivity contribution in [1.29, 1.82) is 0 Å². The minimum Gasteiger partial charge on any atom is -0.418 e. The van der Waals surface area contributed by atoms with Gasteiger partial charge in [0, 0.05) is 12.6 Å². The van der Waals surface area contributed by atoms with E-state index in [0.717, 1.165) is 24.4 Å². The van der Waals surface area contributed by atoms with Crippen molar-refractivity contribution >= 4 is 7.25 Å².